The van der Waals surface area contributed by atoms with Crippen LogP contribution in [0.1, 0.15) is 12.8 Å². The highest BCUT2D eigenvalue weighted by atomic mass is 35.5. The van der Waals surface area contributed by atoms with Gasteiger partial charge in [0.15, 0.2) is 11.0 Å². The van der Waals surface area contributed by atoms with E-state index in [4.69, 9.17) is 16.3 Å². The minimum Gasteiger partial charge on any atom is -0.389 e. The summed E-state index contributed by atoms with van der Waals surface area (Å²) in [7, 11) is 1.74. The van der Waals surface area contributed by atoms with E-state index in [1.807, 2.05) is 0 Å². The SMILES string of the molecule is CNc1c(Cl)ncnc1NCC(O)COCC1CC1. The van der Waals surface area contributed by atoms with Gasteiger partial charge in [-0.3, -0.25) is 0 Å². The third kappa shape index (κ3) is 4.49. The van der Waals surface area contributed by atoms with Crippen molar-refractivity contribution in [1.82, 2.24) is 9.97 Å². The van der Waals surface area contributed by atoms with Crippen molar-refractivity contribution in [2.75, 3.05) is 37.4 Å². The molecule has 2 rings (SSSR count). The molecule has 0 spiro atoms. The molecule has 0 radical (unpaired) electrons. The minimum absolute atomic E-state index is 0.331. The molecule has 7 heteroatoms. The van der Waals surface area contributed by atoms with Crippen LogP contribution in [-0.4, -0.2) is 48.0 Å². The zero-order valence-corrected chi connectivity index (χ0v) is 11.7. The standard InChI is InChI=1S/C12H19ClN4O2/c1-14-10-11(13)16-7-17-12(10)15-4-9(18)6-19-5-8-2-3-8/h7-9,14,18H,2-6H2,1H3,(H,15,16,17). The molecule has 3 N–H and O–H groups in total. The molecule has 0 aliphatic heterocycles. The zero-order chi connectivity index (χ0) is 13.7. The molecule has 1 aliphatic carbocycles. The van der Waals surface area contributed by atoms with Crippen molar-refractivity contribution in [3.63, 3.8) is 0 Å². The summed E-state index contributed by atoms with van der Waals surface area (Å²) in [4.78, 5) is 7.96. The average molecular weight is 287 g/mol. The first kappa shape index (κ1) is 14.3. The Bertz CT molecular complexity index is 415. The van der Waals surface area contributed by atoms with E-state index in [-0.39, 0.29) is 0 Å². The first-order valence-electron chi connectivity index (χ1n) is 6.38. The third-order valence-electron chi connectivity index (χ3n) is 2.92. The Morgan fingerprint density at radius 2 is 2.32 bits per heavy atom. The lowest BCUT2D eigenvalue weighted by atomic mass is 10.3. The Labute approximate surface area is 117 Å². The first-order valence-corrected chi connectivity index (χ1v) is 6.76. The molecule has 1 heterocycles. The smallest absolute Gasteiger partial charge is 0.157 e. The van der Waals surface area contributed by atoms with Crippen LogP contribution >= 0.6 is 11.6 Å². The molecule has 1 aliphatic rings. The summed E-state index contributed by atoms with van der Waals surface area (Å²) in [5.74, 6) is 1.28. The number of anilines is 2. The molecule has 0 bridgehead atoms. The number of aromatic nitrogens is 2. The van der Waals surface area contributed by atoms with Gasteiger partial charge in [0.1, 0.15) is 12.0 Å². The summed E-state index contributed by atoms with van der Waals surface area (Å²) in [6, 6.07) is 0. The van der Waals surface area contributed by atoms with Crippen molar-refractivity contribution in [2.45, 2.75) is 18.9 Å². The van der Waals surface area contributed by atoms with Crippen molar-refractivity contribution in [1.29, 1.82) is 0 Å². The maximum absolute atomic E-state index is 9.79. The van der Waals surface area contributed by atoms with Crippen LogP contribution in [-0.2, 0) is 4.74 Å². The van der Waals surface area contributed by atoms with Gasteiger partial charge in [-0.25, -0.2) is 9.97 Å². The van der Waals surface area contributed by atoms with Crippen LogP contribution in [0.5, 0.6) is 0 Å². The Morgan fingerprint density at radius 3 is 3.00 bits per heavy atom. The van der Waals surface area contributed by atoms with Crippen LogP contribution in [0.3, 0.4) is 0 Å². The monoisotopic (exact) mass is 286 g/mol. The van der Waals surface area contributed by atoms with Gasteiger partial charge in [0.2, 0.25) is 0 Å². The van der Waals surface area contributed by atoms with E-state index in [9.17, 15) is 5.11 Å². The molecule has 0 aromatic carbocycles. The predicted molar refractivity (Wildman–Crippen MR) is 74.6 cm³/mol. The maximum atomic E-state index is 9.79. The normalized spacial score (nSPS) is 16.2. The van der Waals surface area contributed by atoms with Gasteiger partial charge in [-0.1, -0.05) is 11.6 Å². The van der Waals surface area contributed by atoms with Crippen LogP contribution < -0.4 is 10.6 Å². The molecule has 1 atom stereocenters. The van der Waals surface area contributed by atoms with Crippen LogP contribution in [0.2, 0.25) is 5.15 Å². The fourth-order valence-electron chi connectivity index (χ4n) is 1.65. The predicted octanol–water partition coefficient (Wildman–Crippen LogP) is 1.37. The number of nitrogens with zero attached hydrogens (tertiary/aromatic N) is 2. The number of hydrogen-bond donors (Lipinski definition) is 3. The van der Waals surface area contributed by atoms with Crippen LogP contribution in [0.15, 0.2) is 6.33 Å². The number of halogens is 1. The average Bonchev–Trinajstić information content (AvgIpc) is 3.20. The molecule has 6 nitrogen and oxygen atoms in total. The highest BCUT2D eigenvalue weighted by molar-refractivity contribution is 6.32. The summed E-state index contributed by atoms with van der Waals surface area (Å²) in [5.41, 5.74) is 0.621. The molecule has 1 unspecified atom stereocenters. The first-order chi connectivity index (χ1) is 9.20. The van der Waals surface area contributed by atoms with Gasteiger partial charge < -0.3 is 20.5 Å². The fourth-order valence-corrected chi connectivity index (χ4v) is 1.88. The van der Waals surface area contributed by atoms with E-state index in [1.54, 1.807) is 7.05 Å². The molecule has 1 saturated carbocycles. The van der Waals surface area contributed by atoms with E-state index in [0.717, 1.165) is 6.61 Å². The van der Waals surface area contributed by atoms with Crippen LogP contribution in [0.4, 0.5) is 11.5 Å². The zero-order valence-electron chi connectivity index (χ0n) is 10.9. The molecule has 19 heavy (non-hydrogen) atoms. The summed E-state index contributed by atoms with van der Waals surface area (Å²) in [5, 5.41) is 16.1. The molecule has 1 fully saturated rings. The summed E-state index contributed by atoms with van der Waals surface area (Å²) in [6.45, 7) is 1.43. The third-order valence-corrected chi connectivity index (χ3v) is 3.20. The lowest BCUT2D eigenvalue weighted by Crippen LogP contribution is -2.26. The number of ether oxygens (including phenoxy) is 1. The number of aliphatic hydroxyl groups is 1. The summed E-state index contributed by atoms with van der Waals surface area (Å²) >= 11 is 5.93. The van der Waals surface area contributed by atoms with E-state index in [1.165, 1.54) is 19.2 Å². The second-order valence-corrected chi connectivity index (χ2v) is 5.01. The van der Waals surface area contributed by atoms with E-state index < -0.39 is 6.10 Å². The quantitative estimate of drug-likeness (QED) is 0.627. The lowest BCUT2D eigenvalue weighted by molar-refractivity contribution is 0.0386. The van der Waals surface area contributed by atoms with Crippen molar-refractivity contribution in [3.8, 4) is 0 Å². The number of hydrogen-bond acceptors (Lipinski definition) is 6. The van der Waals surface area contributed by atoms with Crippen molar-refractivity contribution in [3.05, 3.63) is 11.5 Å². The Morgan fingerprint density at radius 1 is 1.53 bits per heavy atom. The van der Waals surface area contributed by atoms with Gasteiger partial charge in [0.05, 0.1) is 12.7 Å². The number of nitrogens with one attached hydrogen (secondary N) is 2. The van der Waals surface area contributed by atoms with Gasteiger partial charge in [-0.05, 0) is 18.8 Å². The highest BCUT2D eigenvalue weighted by Gasteiger charge is 2.21. The maximum Gasteiger partial charge on any atom is 0.157 e. The Balaban J connectivity index is 1.75. The Hall–Kier alpha value is -1.11. The summed E-state index contributed by atoms with van der Waals surface area (Å²) < 4.78 is 5.42. The summed E-state index contributed by atoms with van der Waals surface area (Å²) in [6.07, 6.45) is 3.30. The lowest BCUT2D eigenvalue weighted by Gasteiger charge is -2.15. The van der Waals surface area contributed by atoms with Gasteiger partial charge in [-0.2, -0.15) is 0 Å². The molecule has 1 aromatic rings. The van der Waals surface area contributed by atoms with Crippen molar-refractivity contribution < 1.29 is 9.84 Å². The van der Waals surface area contributed by atoms with E-state index >= 15 is 0 Å². The molecule has 106 valence electrons. The van der Waals surface area contributed by atoms with Crippen LogP contribution in [0, 0.1) is 5.92 Å². The Kier molecular flexibility index (Phi) is 5.18. The van der Waals surface area contributed by atoms with Gasteiger partial charge in [0.25, 0.3) is 0 Å². The van der Waals surface area contributed by atoms with Gasteiger partial charge in [-0.15, -0.1) is 0 Å². The van der Waals surface area contributed by atoms with Crippen molar-refractivity contribution in [2.24, 2.45) is 5.92 Å². The topological polar surface area (TPSA) is 79.3 Å². The number of aliphatic hydroxyl groups excluding tert-OH is 1. The fraction of sp³-hybridized carbons (Fsp3) is 0.667. The molecule has 1 aromatic heterocycles. The second kappa shape index (κ2) is 6.88. The van der Waals surface area contributed by atoms with Crippen molar-refractivity contribution >= 4 is 23.1 Å². The van der Waals surface area contributed by atoms with Crippen LogP contribution in [0.25, 0.3) is 0 Å². The largest absolute Gasteiger partial charge is 0.389 e. The molecule has 0 amide bonds. The second-order valence-electron chi connectivity index (χ2n) is 4.65. The van der Waals surface area contributed by atoms with Gasteiger partial charge in [0, 0.05) is 20.2 Å². The van der Waals surface area contributed by atoms with E-state index in [0.29, 0.717) is 35.7 Å². The molecular formula is C12H19ClN4O2. The highest BCUT2D eigenvalue weighted by Crippen LogP contribution is 2.28. The molecule has 0 saturated heterocycles. The number of rotatable bonds is 8. The van der Waals surface area contributed by atoms with Gasteiger partial charge >= 0.3 is 0 Å². The molecular weight excluding hydrogens is 268 g/mol. The minimum atomic E-state index is -0.572. The van der Waals surface area contributed by atoms with E-state index in [2.05, 4.69) is 20.6 Å².